The van der Waals surface area contributed by atoms with Crippen molar-refractivity contribution in [2.45, 2.75) is 52.4 Å². The van der Waals surface area contributed by atoms with Crippen LogP contribution in [0.4, 0.5) is 12.9 Å². The van der Waals surface area contributed by atoms with E-state index in [1.807, 2.05) is 36.4 Å². The summed E-state index contributed by atoms with van der Waals surface area (Å²) in [6, 6.07) is 7.53. The first-order valence-electron chi connectivity index (χ1n) is 17.6. The Bertz CT molecular complexity index is 1430. The first kappa shape index (κ1) is 35.3. The number of hydrogen-bond donors (Lipinski definition) is 0. The van der Waals surface area contributed by atoms with Gasteiger partial charge in [0.25, 0.3) is 0 Å². The van der Waals surface area contributed by atoms with Crippen molar-refractivity contribution in [1.29, 1.82) is 0 Å². The molecule has 49 heavy (non-hydrogen) atoms. The van der Waals surface area contributed by atoms with Gasteiger partial charge in [0.05, 0.1) is 0 Å². The van der Waals surface area contributed by atoms with Gasteiger partial charge in [0.2, 0.25) is 0 Å². The van der Waals surface area contributed by atoms with Gasteiger partial charge in [0.15, 0.2) is 11.6 Å². The Kier molecular flexibility index (Phi) is 11.3. The summed E-state index contributed by atoms with van der Waals surface area (Å²) in [6.07, 6.45) is 36.1. The zero-order valence-electron chi connectivity index (χ0n) is 27.0. The first-order valence-corrected chi connectivity index (χ1v) is 17.6. The molecule has 9 heteroatoms. The molecule has 0 bridgehead atoms. The molecule has 1 aromatic rings. The number of para-hydroxylation sites is 2. The molecular formula is C40H46B2F3O4. The Labute approximate surface area is 290 Å². The Morgan fingerprint density at radius 2 is 1.02 bits per heavy atom. The average molecular weight is 669 g/mol. The summed E-state index contributed by atoms with van der Waals surface area (Å²) in [5, 5.41) is 0. The van der Waals surface area contributed by atoms with Crippen molar-refractivity contribution in [3.05, 3.63) is 97.2 Å². The van der Waals surface area contributed by atoms with E-state index in [9.17, 15) is 22.5 Å². The normalized spacial score (nSPS) is 38.3. The van der Waals surface area contributed by atoms with Gasteiger partial charge in [-0.15, -0.1) is 0 Å². The number of benzene rings is 1. The van der Waals surface area contributed by atoms with Crippen molar-refractivity contribution in [3.63, 3.8) is 0 Å². The molecule has 10 aliphatic rings. The summed E-state index contributed by atoms with van der Waals surface area (Å²) in [5.41, 5.74) is 0. The van der Waals surface area contributed by atoms with E-state index in [-0.39, 0.29) is 30.8 Å². The second-order valence-corrected chi connectivity index (χ2v) is 14.6. The van der Waals surface area contributed by atoms with Crippen LogP contribution < -0.4 is 9.31 Å². The molecule has 1 radical (unpaired) electrons. The van der Waals surface area contributed by atoms with Crippen LogP contribution in [0.25, 0.3) is 0 Å². The predicted molar refractivity (Wildman–Crippen MR) is 188 cm³/mol. The standard InChI is InChI=1S/C11H10O2.2C11H14.C6H4BO2.CH4.BF3/c12-8-3-1-6-5-7-2-4-9(13)11(7)10(6)8;2*1-3-8-7-9-4-2-6-11(9)10(8)5-1;1-2-4-6-5(3-1)8-7-9-6;;2-1(3)4/h1-4,6-7,10-11H,5H2;1-2,5-6,8-11H,3-4,7H2;1-4,8-11H,5-7H2;1-4H;1H4;/t6-,7+,10+,11-;2*8-,9+,10-,11+;;;. The minimum Gasteiger partial charge on any atom is -0.524 e. The molecule has 1 aliphatic heterocycles. The Morgan fingerprint density at radius 1 is 0.592 bits per heavy atom. The molecule has 12 atom stereocenters. The average Bonchev–Trinajstić information content (AvgIpc) is 3.89. The van der Waals surface area contributed by atoms with Crippen molar-refractivity contribution < 1.29 is 31.8 Å². The molecule has 0 spiro atoms. The molecule has 3 fully saturated rings. The van der Waals surface area contributed by atoms with Crippen molar-refractivity contribution in [1.82, 2.24) is 0 Å². The summed E-state index contributed by atoms with van der Waals surface area (Å²) >= 11 is 0. The maximum atomic E-state index is 11.5. The Morgan fingerprint density at radius 3 is 1.49 bits per heavy atom. The van der Waals surface area contributed by atoms with E-state index in [0.717, 1.165) is 65.3 Å². The summed E-state index contributed by atoms with van der Waals surface area (Å²) in [7, 11) is -2.34. The number of ketones is 2. The Balaban J connectivity index is 0.000000109. The maximum absolute atomic E-state index is 11.5. The highest BCUT2D eigenvalue weighted by Gasteiger charge is 2.51. The van der Waals surface area contributed by atoms with E-state index in [1.54, 1.807) is 12.2 Å². The number of carbonyl (C=O) groups is 2. The number of halogens is 3. The molecule has 0 unspecified atom stereocenters. The van der Waals surface area contributed by atoms with E-state index >= 15 is 0 Å². The number of hydrogen-bond acceptors (Lipinski definition) is 4. The molecule has 1 aromatic carbocycles. The van der Waals surface area contributed by atoms with Crippen LogP contribution in [0.5, 0.6) is 11.5 Å². The van der Waals surface area contributed by atoms with Crippen molar-refractivity contribution in [3.8, 4) is 11.5 Å². The van der Waals surface area contributed by atoms with Crippen LogP contribution >= 0.6 is 0 Å². The number of carbonyl (C=O) groups excluding carboxylic acids is 2. The topological polar surface area (TPSA) is 52.6 Å². The van der Waals surface area contributed by atoms with Crippen LogP contribution in [0, 0.1) is 71.0 Å². The lowest BCUT2D eigenvalue weighted by Crippen LogP contribution is -2.24. The summed E-state index contributed by atoms with van der Waals surface area (Å²) in [5.74, 6) is 10.4. The lowest BCUT2D eigenvalue weighted by molar-refractivity contribution is -0.126. The molecule has 0 amide bonds. The summed E-state index contributed by atoms with van der Waals surface area (Å²) < 4.78 is 38.9. The van der Waals surface area contributed by atoms with Crippen LogP contribution in [0.15, 0.2) is 97.2 Å². The highest BCUT2D eigenvalue weighted by molar-refractivity contribution is 6.33. The van der Waals surface area contributed by atoms with E-state index in [0.29, 0.717) is 11.8 Å². The van der Waals surface area contributed by atoms with Gasteiger partial charge in [-0.05, 0) is 128 Å². The predicted octanol–water partition coefficient (Wildman–Crippen LogP) is 9.19. The van der Waals surface area contributed by atoms with E-state index in [1.165, 1.54) is 46.2 Å². The van der Waals surface area contributed by atoms with E-state index < -0.39 is 7.54 Å². The molecule has 11 rings (SSSR count). The van der Waals surface area contributed by atoms with Gasteiger partial charge in [-0.1, -0.05) is 80.3 Å². The molecule has 0 N–H and O–H groups in total. The highest BCUT2D eigenvalue weighted by atomic mass is 19.4. The SMILES string of the molecule is C.C1=C[C@@H]2[C@H](C1)C[C@@H]1CC=C[C@@H]12.C1=C[C@H]2C[C@H]3C=CC[C@H]3[C@H]2C1.FB(F)F.O=C1C=C[C@H]2C[C@H]3C=CC(=O)[C@H]3[C@@H]12.[B]1Oc2ccccc2O1. The molecule has 257 valence electrons. The molecule has 3 saturated carbocycles. The van der Waals surface area contributed by atoms with Gasteiger partial charge in [-0.2, -0.15) is 0 Å². The van der Waals surface area contributed by atoms with Crippen LogP contribution in [-0.2, 0) is 9.59 Å². The minimum atomic E-state index is -3.67. The third-order valence-corrected chi connectivity index (χ3v) is 12.2. The second kappa shape index (κ2) is 15.6. The van der Waals surface area contributed by atoms with Crippen LogP contribution in [0.1, 0.15) is 52.4 Å². The number of allylic oxidation sites excluding steroid dienone is 12. The molecule has 0 saturated heterocycles. The van der Waals surface area contributed by atoms with Gasteiger partial charge in [-0.25, -0.2) is 0 Å². The largest absolute Gasteiger partial charge is 0.762 e. The number of rotatable bonds is 0. The first-order chi connectivity index (χ1) is 23.4. The van der Waals surface area contributed by atoms with E-state index in [2.05, 4.69) is 48.6 Å². The zero-order chi connectivity index (χ0) is 33.2. The van der Waals surface area contributed by atoms with Crippen LogP contribution in [0.3, 0.4) is 0 Å². The zero-order valence-corrected chi connectivity index (χ0v) is 27.0. The molecule has 1 heterocycles. The third-order valence-electron chi connectivity index (χ3n) is 12.2. The van der Waals surface area contributed by atoms with Crippen molar-refractivity contribution in [2.24, 2.45) is 71.0 Å². The summed E-state index contributed by atoms with van der Waals surface area (Å²) in [6.45, 7) is 0. The maximum Gasteiger partial charge on any atom is 0.762 e. The third kappa shape index (κ3) is 7.51. The van der Waals surface area contributed by atoms with Gasteiger partial charge < -0.3 is 9.31 Å². The highest BCUT2D eigenvalue weighted by Crippen LogP contribution is 2.53. The lowest BCUT2D eigenvalue weighted by atomic mass is 9.87. The second-order valence-electron chi connectivity index (χ2n) is 14.6. The monoisotopic (exact) mass is 669 g/mol. The molecule has 0 aromatic heterocycles. The van der Waals surface area contributed by atoms with Gasteiger partial charge >= 0.3 is 15.2 Å². The van der Waals surface area contributed by atoms with Gasteiger partial charge in [-0.3, -0.25) is 22.5 Å². The minimum absolute atomic E-state index is 0. The fourth-order valence-electron chi connectivity index (χ4n) is 10.2. The Hall–Kier alpha value is -3.48. The van der Waals surface area contributed by atoms with Crippen LogP contribution in [-0.4, -0.2) is 26.8 Å². The summed E-state index contributed by atoms with van der Waals surface area (Å²) in [4.78, 5) is 23.0. The number of fused-ring (bicyclic) bond motifs is 10. The smallest absolute Gasteiger partial charge is 0.524 e. The van der Waals surface area contributed by atoms with Gasteiger partial charge in [0, 0.05) is 11.8 Å². The fraction of sp³-hybridized carbons (Fsp3) is 0.500. The van der Waals surface area contributed by atoms with E-state index in [4.69, 9.17) is 9.31 Å². The van der Waals surface area contributed by atoms with Gasteiger partial charge in [0.1, 0.15) is 11.5 Å². The fourth-order valence-corrected chi connectivity index (χ4v) is 10.2. The molecule has 9 aliphatic carbocycles. The van der Waals surface area contributed by atoms with Crippen molar-refractivity contribution >= 4 is 26.8 Å². The molecule has 4 nitrogen and oxygen atoms in total. The van der Waals surface area contributed by atoms with Crippen molar-refractivity contribution in [2.75, 3.05) is 0 Å². The molecular weight excluding hydrogens is 623 g/mol. The lowest BCUT2D eigenvalue weighted by Gasteiger charge is -2.16. The van der Waals surface area contributed by atoms with Crippen LogP contribution in [0.2, 0.25) is 0 Å². The quantitative estimate of drug-likeness (QED) is 0.204.